The first-order valence-electron chi connectivity index (χ1n) is 7.19. The van der Waals surface area contributed by atoms with Crippen LogP contribution in [0.5, 0.6) is 0 Å². The lowest BCUT2D eigenvalue weighted by Gasteiger charge is -2.26. The number of nitrogens with one attached hydrogen (secondary N) is 2. The van der Waals surface area contributed by atoms with Gasteiger partial charge in [0.1, 0.15) is 17.3 Å². The predicted octanol–water partition coefficient (Wildman–Crippen LogP) is 2.49. The zero-order valence-electron chi connectivity index (χ0n) is 12.3. The first-order chi connectivity index (χ1) is 9.63. The van der Waals surface area contributed by atoms with Crippen molar-refractivity contribution in [3.8, 4) is 0 Å². The van der Waals surface area contributed by atoms with E-state index in [1.807, 2.05) is 30.8 Å². The second-order valence-corrected chi connectivity index (χ2v) is 5.64. The molecule has 0 aliphatic carbocycles. The lowest BCUT2D eigenvalue weighted by molar-refractivity contribution is 0.375. The number of rotatable bonds is 4. The maximum Gasteiger partial charge on any atom is 0.124 e. The van der Waals surface area contributed by atoms with Crippen LogP contribution in [-0.2, 0) is 6.54 Å². The van der Waals surface area contributed by atoms with Crippen molar-refractivity contribution in [1.82, 2.24) is 15.1 Å². The average Bonchev–Trinajstić information content (AvgIpc) is 3.01. The van der Waals surface area contributed by atoms with Crippen LogP contribution in [0.1, 0.15) is 30.0 Å². The fraction of sp³-hybridized carbons (Fsp3) is 0.533. The van der Waals surface area contributed by atoms with E-state index in [0.29, 0.717) is 12.0 Å². The van der Waals surface area contributed by atoms with Gasteiger partial charge in [-0.1, -0.05) is 0 Å². The van der Waals surface area contributed by atoms with Crippen LogP contribution >= 0.6 is 0 Å². The van der Waals surface area contributed by atoms with Gasteiger partial charge in [0.2, 0.25) is 0 Å². The third kappa shape index (κ3) is 2.58. The zero-order valence-corrected chi connectivity index (χ0v) is 12.3. The lowest BCUT2D eigenvalue weighted by Crippen LogP contribution is -2.36. The Labute approximate surface area is 119 Å². The van der Waals surface area contributed by atoms with E-state index in [1.54, 1.807) is 0 Å². The molecule has 1 aliphatic heterocycles. The highest BCUT2D eigenvalue weighted by molar-refractivity contribution is 5.35. The molecule has 0 radical (unpaired) electrons. The van der Waals surface area contributed by atoms with E-state index in [4.69, 9.17) is 4.42 Å². The second-order valence-electron chi connectivity index (χ2n) is 5.64. The van der Waals surface area contributed by atoms with E-state index in [-0.39, 0.29) is 0 Å². The smallest absolute Gasteiger partial charge is 0.124 e. The van der Waals surface area contributed by atoms with E-state index >= 15 is 0 Å². The summed E-state index contributed by atoms with van der Waals surface area (Å²) in [6.45, 7) is 9.14. The number of hydrogen-bond acceptors (Lipinski definition) is 4. The molecule has 2 N–H and O–H groups in total. The van der Waals surface area contributed by atoms with Crippen molar-refractivity contribution in [2.75, 3.05) is 18.4 Å². The summed E-state index contributed by atoms with van der Waals surface area (Å²) in [5.74, 6) is 3.67. The summed E-state index contributed by atoms with van der Waals surface area (Å²) in [6, 6.07) is 4.45. The molecule has 0 spiro atoms. The van der Waals surface area contributed by atoms with Gasteiger partial charge in [0.15, 0.2) is 0 Å². The number of anilines is 1. The van der Waals surface area contributed by atoms with E-state index in [1.165, 1.54) is 5.56 Å². The van der Waals surface area contributed by atoms with Crippen LogP contribution in [0.3, 0.4) is 0 Å². The van der Waals surface area contributed by atoms with E-state index in [2.05, 4.69) is 28.7 Å². The molecule has 1 aliphatic rings. The Hall–Kier alpha value is -1.75. The summed E-state index contributed by atoms with van der Waals surface area (Å²) in [5.41, 5.74) is 1.26. The summed E-state index contributed by atoms with van der Waals surface area (Å²) in [4.78, 5) is 0. The van der Waals surface area contributed by atoms with Gasteiger partial charge in [0, 0.05) is 43.2 Å². The highest BCUT2D eigenvalue weighted by Gasteiger charge is 2.19. The number of fused-ring (bicyclic) bond motifs is 1. The summed E-state index contributed by atoms with van der Waals surface area (Å²) in [6.07, 6.45) is 1.85. The SMILES string of the molecule is Cc1cc([C@@H](C)NC[C@@H]2CNc3ccnn3C2)c(C)o1. The fourth-order valence-corrected chi connectivity index (χ4v) is 2.86. The van der Waals surface area contributed by atoms with Crippen molar-refractivity contribution in [3.63, 3.8) is 0 Å². The van der Waals surface area contributed by atoms with Gasteiger partial charge in [-0.05, 0) is 26.8 Å². The minimum Gasteiger partial charge on any atom is -0.466 e. The molecule has 0 bridgehead atoms. The number of aromatic nitrogens is 2. The molecule has 3 heterocycles. The molecule has 0 saturated heterocycles. The van der Waals surface area contributed by atoms with Crippen LogP contribution in [0.4, 0.5) is 5.82 Å². The van der Waals surface area contributed by atoms with Gasteiger partial charge in [-0.15, -0.1) is 0 Å². The van der Waals surface area contributed by atoms with Gasteiger partial charge >= 0.3 is 0 Å². The van der Waals surface area contributed by atoms with Gasteiger partial charge in [-0.3, -0.25) is 0 Å². The molecular weight excluding hydrogens is 252 g/mol. The van der Waals surface area contributed by atoms with Gasteiger partial charge in [0.25, 0.3) is 0 Å². The molecule has 20 heavy (non-hydrogen) atoms. The Balaban J connectivity index is 1.56. The van der Waals surface area contributed by atoms with Crippen molar-refractivity contribution in [3.05, 3.63) is 35.4 Å². The van der Waals surface area contributed by atoms with Crippen molar-refractivity contribution in [2.24, 2.45) is 5.92 Å². The van der Waals surface area contributed by atoms with Gasteiger partial charge in [0.05, 0.1) is 6.20 Å². The number of nitrogens with zero attached hydrogens (tertiary/aromatic N) is 2. The zero-order chi connectivity index (χ0) is 14.1. The molecule has 2 aromatic rings. The molecule has 0 aromatic carbocycles. The van der Waals surface area contributed by atoms with Crippen LogP contribution in [0, 0.1) is 19.8 Å². The Morgan fingerprint density at radius 1 is 1.55 bits per heavy atom. The molecular formula is C15H22N4O. The highest BCUT2D eigenvalue weighted by atomic mass is 16.3. The second kappa shape index (κ2) is 5.32. The summed E-state index contributed by atoms with van der Waals surface area (Å²) in [7, 11) is 0. The van der Waals surface area contributed by atoms with Gasteiger partial charge in [-0.25, -0.2) is 4.68 Å². The van der Waals surface area contributed by atoms with Crippen LogP contribution in [0.15, 0.2) is 22.7 Å². The minimum atomic E-state index is 0.312. The Morgan fingerprint density at radius 3 is 3.15 bits per heavy atom. The molecule has 108 valence electrons. The van der Waals surface area contributed by atoms with Crippen LogP contribution in [0.25, 0.3) is 0 Å². The van der Waals surface area contributed by atoms with Crippen molar-refractivity contribution < 1.29 is 4.42 Å². The van der Waals surface area contributed by atoms with Crippen LogP contribution in [0.2, 0.25) is 0 Å². The van der Waals surface area contributed by atoms with Crippen LogP contribution in [-0.4, -0.2) is 22.9 Å². The minimum absolute atomic E-state index is 0.312. The average molecular weight is 274 g/mol. The van der Waals surface area contributed by atoms with Crippen molar-refractivity contribution in [2.45, 2.75) is 33.4 Å². The first kappa shape index (κ1) is 13.2. The fourth-order valence-electron chi connectivity index (χ4n) is 2.86. The lowest BCUT2D eigenvalue weighted by atomic mass is 10.1. The predicted molar refractivity (Wildman–Crippen MR) is 78.8 cm³/mol. The molecule has 0 amide bonds. The Kier molecular flexibility index (Phi) is 3.53. The highest BCUT2D eigenvalue weighted by Crippen LogP contribution is 2.22. The van der Waals surface area contributed by atoms with Crippen molar-refractivity contribution in [1.29, 1.82) is 0 Å². The maximum absolute atomic E-state index is 5.60. The standard InChI is InChI=1S/C15H22N4O/c1-10-6-14(12(3)20-10)11(2)16-7-13-8-17-15-4-5-18-19(15)9-13/h4-6,11,13,16-17H,7-9H2,1-3H3/t11-,13-/m1/s1. The quantitative estimate of drug-likeness (QED) is 0.899. The van der Waals surface area contributed by atoms with Crippen molar-refractivity contribution >= 4 is 5.82 Å². The molecule has 2 aromatic heterocycles. The molecule has 3 rings (SSSR count). The first-order valence-corrected chi connectivity index (χ1v) is 7.19. The summed E-state index contributed by atoms with van der Waals surface area (Å²) >= 11 is 0. The molecule has 2 atom stereocenters. The maximum atomic E-state index is 5.60. The Bertz CT molecular complexity index is 586. The normalized spacial score (nSPS) is 19.4. The third-order valence-electron chi connectivity index (χ3n) is 3.98. The van der Waals surface area contributed by atoms with Gasteiger partial charge in [-0.2, -0.15) is 5.10 Å². The summed E-state index contributed by atoms with van der Waals surface area (Å²) < 4.78 is 7.63. The third-order valence-corrected chi connectivity index (χ3v) is 3.98. The van der Waals surface area contributed by atoms with E-state index in [0.717, 1.165) is 37.0 Å². The molecule has 5 nitrogen and oxygen atoms in total. The largest absolute Gasteiger partial charge is 0.466 e. The summed E-state index contributed by atoms with van der Waals surface area (Å²) in [5, 5.41) is 11.3. The van der Waals surface area contributed by atoms with Crippen LogP contribution < -0.4 is 10.6 Å². The van der Waals surface area contributed by atoms with E-state index < -0.39 is 0 Å². The number of aryl methyl sites for hydroxylation is 2. The molecule has 0 fully saturated rings. The Morgan fingerprint density at radius 2 is 2.40 bits per heavy atom. The van der Waals surface area contributed by atoms with E-state index in [9.17, 15) is 0 Å². The van der Waals surface area contributed by atoms with Gasteiger partial charge < -0.3 is 15.1 Å². The molecule has 0 saturated carbocycles. The molecule has 5 heteroatoms. The topological polar surface area (TPSA) is 55.0 Å². The monoisotopic (exact) mass is 274 g/mol. The molecule has 0 unspecified atom stereocenters. The number of hydrogen-bond donors (Lipinski definition) is 2. The number of furan rings is 1.